The van der Waals surface area contributed by atoms with Crippen LogP contribution in [0.15, 0.2) is 33.9 Å². The van der Waals surface area contributed by atoms with Crippen LogP contribution in [0.5, 0.6) is 0 Å². The number of carbonyl (C=O) groups is 1. The molecule has 0 spiro atoms. The lowest BCUT2D eigenvalue weighted by Gasteiger charge is -2.23. The van der Waals surface area contributed by atoms with Crippen molar-refractivity contribution >= 4 is 28.8 Å². The first-order valence-corrected chi connectivity index (χ1v) is 8.43. The zero-order valence-corrected chi connectivity index (χ0v) is 13.1. The predicted octanol–water partition coefficient (Wildman–Crippen LogP) is 3.71. The normalized spacial score (nSPS) is 17.7. The average molecular weight is 304 g/mol. The molecule has 1 aromatic heterocycles. The minimum Gasteiger partial charge on any atom is -0.431 e. The lowest BCUT2D eigenvalue weighted by molar-refractivity contribution is -0.130. The van der Waals surface area contributed by atoms with Crippen LogP contribution in [0.3, 0.4) is 0 Å². The topological polar surface area (TPSA) is 46.3 Å². The molecule has 1 aliphatic heterocycles. The van der Waals surface area contributed by atoms with Gasteiger partial charge in [0.05, 0.1) is 5.25 Å². The lowest BCUT2D eigenvalue weighted by Crippen LogP contribution is -2.37. The Morgan fingerprint density at radius 2 is 1.95 bits per heavy atom. The second-order valence-electron chi connectivity index (χ2n) is 5.45. The first-order chi connectivity index (χ1) is 10.2. The van der Waals surface area contributed by atoms with Crippen molar-refractivity contribution in [1.29, 1.82) is 0 Å². The van der Waals surface area contributed by atoms with Crippen molar-refractivity contribution in [2.75, 3.05) is 13.1 Å². The molecule has 1 aromatic carbocycles. The van der Waals surface area contributed by atoms with E-state index in [0.29, 0.717) is 5.22 Å². The lowest BCUT2D eigenvalue weighted by atomic mass is 10.2. The van der Waals surface area contributed by atoms with E-state index in [2.05, 4.69) is 4.98 Å². The molecule has 1 amide bonds. The van der Waals surface area contributed by atoms with Gasteiger partial charge in [-0.15, -0.1) is 0 Å². The maximum Gasteiger partial charge on any atom is 0.257 e. The molecule has 5 heteroatoms. The standard InChI is InChI=1S/C16H20N2O2S/c1-12(15(19)18-10-6-2-3-7-11-18)21-16-17-13-8-4-5-9-14(13)20-16/h4-5,8-9,12H,2-3,6-7,10-11H2,1H3. The zero-order chi connectivity index (χ0) is 14.7. The minimum atomic E-state index is -0.156. The highest BCUT2D eigenvalue weighted by Gasteiger charge is 2.24. The smallest absolute Gasteiger partial charge is 0.257 e. The first-order valence-electron chi connectivity index (χ1n) is 7.55. The molecular formula is C16H20N2O2S. The molecule has 1 unspecified atom stereocenters. The van der Waals surface area contributed by atoms with Gasteiger partial charge in [-0.1, -0.05) is 36.7 Å². The first kappa shape index (κ1) is 14.4. The van der Waals surface area contributed by atoms with Crippen molar-refractivity contribution in [3.63, 3.8) is 0 Å². The van der Waals surface area contributed by atoms with Crippen molar-refractivity contribution in [2.24, 2.45) is 0 Å². The molecule has 2 aromatic rings. The van der Waals surface area contributed by atoms with Gasteiger partial charge in [-0.3, -0.25) is 4.79 Å². The number of oxazole rings is 1. The molecule has 2 heterocycles. The van der Waals surface area contributed by atoms with Crippen molar-refractivity contribution in [2.45, 2.75) is 43.1 Å². The Morgan fingerprint density at radius 1 is 1.24 bits per heavy atom. The van der Waals surface area contributed by atoms with Crippen molar-refractivity contribution < 1.29 is 9.21 Å². The third-order valence-corrected chi connectivity index (χ3v) is 4.75. The van der Waals surface area contributed by atoms with E-state index in [1.54, 1.807) is 0 Å². The molecule has 1 atom stereocenters. The fraction of sp³-hybridized carbons (Fsp3) is 0.500. The Kier molecular flexibility index (Phi) is 4.48. The average Bonchev–Trinajstić information content (AvgIpc) is 2.71. The van der Waals surface area contributed by atoms with Gasteiger partial charge in [0.15, 0.2) is 5.58 Å². The minimum absolute atomic E-state index is 0.156. The van der Waals surface area contributed by atoms with Gasteiger partial charge in [-0.2, -0.15) is 0 Å². The number of benzene rings is 1. The number of nitrogens with zero attached hydrogens (tertiary/aromatic N) is 2. The van der Waals surface area contributed by atoms with E-state index in [-0.39, 0.29) is 11.2 Å². The van der Waals surface area contributed by atoms with E-state index in [0.717, 1.165) is 37.0 Å². The molecule has 0 saturated carbocycles. The molecule has 1 fully saturated rings. The predicted molar refractivity (Wildman–Crippen MR) is 84.4 cm³/mol. The Labute approximate surface area is 128 Å². The molecule has 112 valence electrons. The maximum absolute atomic E-state index is 12.5. The third kappa shape index (κ3) is 3.40. The van der Waals surface area contributed by atoms with Crippen LogP contribution >= 0.6 is 11.8 Å². The molecule has 0 aliphatic carbocycles. The van der Waals surface area contributed by atoms with Gasteiger partial charge < -0.3 is 9.32 Å². The number of rotatable bonds is 3. The highest BCUT2D eigenvalue weighted by atomic mass is 32.2. The van der Waals surface area contributed by atoms with E-state index < -0.39 is 0 Å². The number of carbonyl (C=O) groups excluding carboxylic acids is 1. The van der Waals surface area contributed by atoms with Gasteiger partial charge in [0.25, 0.3) is 5.22 Å². The van der Waals surface area contributed by atoms with Crippen LogP contribution in [-0.4, -0.2) is 34.1 Å². The van der Waals surface area contributed by atoms with Crippen LogP contribution in [0, 0.1) is 0 Å². The summed E-state index contributed by atoms with van der Waals surface area (Å²) in [6.07, 6.45) is 4.70. The van der Waals surface area contributed by atoms with Crippen LogP contribution in [-0.2, 0) is 4.79 Å². The number of amides is 1. The maximum atomic E-state index is 12.5. The molecule has 0 N–H and O–H groups in total. The fourth-order valence-electron chi connectivity index (χ4n) is 2.65. The van der Waals surface area contributed by atoms with Crippen LogP contribution in [0.2, 0.25) is 0 Å². The molecule has 0 radical (unpaired) electrons. The molecule has 1 saturated heterocycles. The summed E-state index contributed by atoms with van der Waals surface area (Å²) >= 11 is 1.41. The number of hydrogen-bond acceptors (Lipinski definition) is 4. The summed E-state index contributed by atoms with van der Waals surface area (Å²) in [5.41, 5.74) is 1.61. The molecule has 3 rings (SSSR count). The monoisotopic (exact) mass is 304 g/mol. The van der Waals surface area contributed by atoms with Crippen LogP contribution in [0.25, 0.3) is 11.1 Å². The van der Waals surface area contributed by atoms with Gasteiger partial charge in [0, 0.05) is 13.1 Å². The SMILES string of the molecule is CC(Sc1nc2ccccc2o1)C(=O)N1CCCCCC1. The summed E-state index contributed by atoms with van der Waals surface area (Å²) in [7, 11) is 0. The number of para-hydroxylation sites is 2. The largest absolute Gasteiger partial charge is 0.431 e. The van der Waals surface area contributed by atoms with Crippen LogP contribution < -0.4 is 0 Å². The Balaban J connectivity index is 1.67. The van der Waals surface area contributed by atoms with Crippen LogP contribution in [0.4, 0.5) is 0 Å². The highest BCUT2D eigenvalue weighted by Crippen LogP contribution is 2.28. The van der Waals surface area contributed by atoms with E-state index in [4.69, 9.17) is 4.42 Å². The van der Waals surface area contributed by atoms with E-state index in [9.17, 15) is 4.79 Å². The van der Waals surface area contributed by atoms with E-state index in [1.807, 2.05) is 36.1 Å². The third-order valence-electron chi connectivity index (χ3n) is 3.82. The molecule has 1 aliphatic rings. The number of likely N-dealkylation sites (tertiary alicyclic amines) is 1. The number of thioether (sulfide) groups is 1. The second kappa shape index (κ2) is 6.52. The summed E-state index contributed by atoms with van der Waals surface area (Å²) in [5, 5.41) is 0.419. The molecule has 4 nitrogen and oxygen atoms in total. The summed E-state index contributed by atoms with van der Waals surface area (Å²) < 4.78 is 5.68. The van der Waals surface area contributed by atoms with Gasteiger partial charge in [-0.05, 0) is 31.9 Å². The second-order valence-corrected chi connectivity index (χ2v) is 6.74. The molecule has 21 heavy (non-hydrogen) atoms. The summed E-state index contributed by atoms with van der Waals surface area (Å²) in [6, 6.07) is 7.68. The van der Waals surface area contributed by atoms with Crippen molar-refractivity contribution in [1.82, 2.24) is 9.88 Å². The number of hydrogen-bond donors (Lipinski definition) is 0. The molecule has 0 bridgehead atoms. The van der Waals surface area contributed by atoms with Crippen LogP contribution in [0.1, 0.15) is 32.6 Å². The summed E-state index contributed by atoms with van der Waals surface area (Å²) in [5.74, 6) is 0.198. The van der Waals surface area contributed by atoms with E-state index in [1.165, 1.54) is 24.6 Å². The van der Waals surface area contributed by atoms with Gasteiger partial charge in [0.2, 0.25) is 5.91 Å². The fourth-order valence-corrected chi connectivity index (χ4v) is 3.49. The molecular weight excluding hydrogens is 284 g/mol. The Hall–Kier alpha value is -1.49. The van der Waals surface area contributed by atoms with Gasteiger partial charge in [-0.25, -0.2) is 4.98 Å². The summed E-state index contributed by atoms with van der Waals surface area (Å²) in [6.45, 7) is 3.71. The van der Waals surface area contributed by atoms with Gasteiger partial charge >= 0.3 is 0 Å². The quantitative estimate of drug-likeness (QED) is 0.811. The van der Waals surface area contributed by atoms with Crippen molar-refractivity contribution in [3.05, 3.63) is 24.3 Å². The zero-order valence-electron chi connectivity index (χ0n) is 12.2. The van der Waals surface area contributed by atoms with Crippen molar-refractivity contribution in [3.8, 4) is 0 Å². The Bertz CT molecular complexity index is 585. The van der Waals surface area contributed by atoms with E-state index >= 15 is 0 Å². The van der Waals surface area contributed by atoms with Gasteiger partial charge in [0.1, 0.15) is 5.52 Å². The number of aromatic nitrogens is 1. The highest BCUT2D eigenvalue weighted by molar-refractivity contribution is 8.00. The summed E-state index contributed by atoms with van der Waals surface area (Å²) in [4.78, 5) is 18.9. The number of fused-ring (bicyclic) bond motifs is 1. The Morgan fingerprint density at radius 3 is 2.67 bits per heavy atom.